The molecule has 0 saturated carbocycles. The summed E-state index contributed by atoms with van der Waals surface area (Å²) in [5.41, 5.74) is 9.86. The number of halogens is 2. The molecule has 1 rings (SSSR count). The van der Waals surface area contributed by atoms with Crippen LogP contribution in [0.2, 0.25) is 0 Å². The fourth-order valence-corrected chi connectivity index (χ4v) is 1.52. The van der Waals surface area contributed by atoms with Crippen LogP contribution in [-0.4, -0.2) is 5.91 Å². The van der Waals surface area contributed by atoms with E-state index in [1.54, 1.807) is 6.07 Å². The number of nitrogens with one attached hydrogen (secondary N) is 1. The average molecular weight is 319 g/mol. The maximum absolute atomic E-state index is 11.0. The molecule has 0 aromatic heterocycles. The molecule has 1 amide bonds. The molecule has 0 unspecified atom stereocenters. The van der Waals surface area contributed by atoms with Gasteiger partial charge in [0.25, 0.3) is 0 Å². The first-order valence-corrected chi connectivity index (χ1v) is 5.00. The van der Waals surface area contributed by atoms with E-state index in [4.69, 9.17) is 5.73 Å². The Kier molecular flexibility index (Phi) is 13.5. The Labute approximate surface area is 120 Å². The van der Waals surface area contributed by atoms with Gasteiger partial charge in [-0.2, -0.15) is 0 Å². The third-order valence-electron chi connectivity index (χ3n) is 2.31. The molecule has 17 heavy (non-hydrogen) atoms. The molecule has 5 heteroatoms. The van der Waals surface area contributed by atoms with Gasteiger partial charge in [0.05, 0.1) is 5.91 Å². The Morgan fingerprint density at radius 1 is 1.29 bits per heavy atom. The van der Waals surface area contributed by atoms with Crippen LogP contribution in [0.15, 0.2) is 18.2 Å². The molecule has 0 fully saturated rings. The van der Waals surface area contributed by atoms with Crippen molar-refractivity contribution in [2.45, 2.75) is 33.1 Å². The molecule has 93 valence electrons. The van der Waals surface area contributed by atoms with E-state index in [1.807, 2.05) is 19.1 Å². The monoisotopic (exact) mass is 318 g/mol. The summed E-state index contributed by atoms with van der Waals surface area (Å²) in [7, 11) is 0. The second kappa shape index (κ2) is 10.6. The summed E-state index contributed by atoms with van der Waals surface area (Å²) in [6, 6.07) is 5.66. The zero-order chi connectivity index (χ0) is 10.6. The molecule has 0 atom stereocenters. The number of unbranched alkanes of at least 4 members (excludes halogenated alkanes) is 1. The van der Waals surface area contributed by atoms with Gasteiger partial charge in [-0.15, -0.1) is 0 Å². The van der Waals surface area contributed by atoms with Crippen LogP contribution in [0.25, 0.3) is 5.73 Å². The Morgan fingerprint density at radius 3 is 2.35 bits per heavy atom. The van der Waals surface area contributed by atoms with Crippen LogP contribution in [0.4, 0.5) is 0 Å². The third-order valence-corrected chi connectivity index (χ3v) is 2.31. The number of carbonyl (C=O) groups excluding carboxylic acids is 1. The molecule has 1 aromatic rings. The van der Waals surface area contributed by atoms with E-state index in [2.05, 4.69) is 6.92 Å². The number of benzene rings is 1. The quantitative estimate of drug-likeness (QED) is 0.607. The van der Waals surface area contributed by atoms with Crippen molar-refractivity contribution in [1.29, 1.82) is 0 Å². The SMILES string of the molecule is CCCCc1cc(C)ccc1C([NH-])=O.[F-].[F-].[Zr+3]. The van der Waals surface area contributed by atoms with E-state index in [-0.39, 0.29) is 35.6 Å². The van der Waals surface area contributed by atoms with Crippen LogP contribution in [0.3, 0.4) is 0 Å². The van der Waals surface area contributed by atoms with Crippen LogP contribution >= 0.6 is 0 Å². The second-order valence-corrected chi connectivity index (χ2v) is 3.59. The van der Waals surface area contributed by atoms with Gasteiger partial charge in [-0.3, -0.25) is 0 Å². The molecule has 0 aliphatic carbocycles. The summed E-state index contributed by atoms with van der Waals surface area (Å²) >= 11 is 0. The van der Waals surface area contributed by atoms with Gasteiger partial charge in [-0.1, -0.05) is 37.1 Å². The first-order valence-electron chi connectivity index (χ1n) is 5.00. The molecule has 2 nitrogen and oxygen atoms in total. The number of amides is 1. The van der Waals surface area contributed by atoms with E-state index in [1.165, 1.54) is 0 Å². The molecule has 0 aliphatic rings. The molecular weight excluding hydrogens is 303 g/mol. The predicted molar refractivity (Wildman–Crippen MR) is 58.4 cm³/mol. The van der Waals surface area contributed by atoms with Crippen molar-refractivity contribution in [3.63, 3.8) is 0 Å². The minimum atomic E-state index is -0.573. The second-order valence-electron chi connectivity index (χ2n) is 3.59. The van der Waals surface area contributed by atoms with Gasteiger partial charge in [-0.25, -0.2) is 0 Å². The van der Waals surface area contributed by atoms with Gasteiger partial charge in [0.2, 0.25) is 0 Å². The zero-order valence-corrected chi connectivity index (χ0v) is 12.5. The Bertz CT molecular complexity index is 345. The van der Waals surface area contributed by atoms with Crippen LogP contribution in [0.5, 0.6) is 0 Å². The standard InChI is InChI=1S/C12H17NO.2FH.Zr/c1-3-4-5-10-8-9(2)6-7-11(10)12(13)14;;;/h6-8H,3-5H2,1-2H3,(H2,13,14);2*1H;/q;;;+3/p-3. The van der Waals surface area contributed by atoms with Crippen LogP contribution in [0, 0.1) is 6.92 Å². The Hall–Kier alpha value is -0.567. The third kappa shape index (κ3) is 6.67. The molecule has 0 saturated heterocycles. The van der Waals surface area contributed by atoms with Gasteiger partial charge >= 0.3 is 26.2 Å². The first-order chi connectivity index (χ1) is 6.65. The molecule has 0 aliphatic heterocycles. The van der Waals surface area contributed by atoms with Crippen molar-refractivity contribution in [3.8, 4) is 0 Å². The van der Waals surface area contributed by atoms with Crippen molar-refractivity contribution in [3.05, 3.63) is 40.6 Å². The molecule has 1 aromatic carbocycles. The predicted octanol–water partition coefficient (Wildman–Crippen LogP) is -2.46. The van der Waals surface area contributed by atoms with Gasteiger partial charge in [0.1, 0.15) is 0 Å². The summed E-state index contributed by atoms with van der Waals surface area (Å²) in [4.78, 5) is 11.0. The van der Waals surface area contributed by atoms with Crippen LogP contribution in [-0.2, 0) is 32.6 Å². The molecule has 0 spiro atoms. The minimum Gasteiger partial charge on any atom is -1.00 e. The van der Waals surface area contributed by atoms with Gasteiger partial charge in [-0.05, 0) is 25.3 Å². The average Bonchev–Trinajstić information content (AvgIpc) is 2.14. The summed E-state index contributed by atoms with van der Waals surface area (Å²) in [5.74, 6) is -0.573. The van der Waals surface area contributed by atoms with E-state index in [0.717, 1.165) is 30.4 Å². The fraction of sp³-hybridized carbons (Fsp3) is 0.417. The number of carbonyl (C=O) groups is 1. The molecule has 0 heterocycles. The van der Waals surface area contributed by atoms with Crippen molar-refractivity contribution in [1.82, 2.24) is 0 Å². The van der Waals surface area contributed by atoms with Crippen molar-refractivity contribution in [2.24, 2.45) is 0 Å². The van der Waals surface area contributed by atoms with E-state index in [9.17, 15) is 4.79 Å². The van der Waals surface area contributed by atoms with Crippen molar-refractivity contribution < 1.29 is 40.4 Å². The van der Waals surface area contributed by atoms with Gasteiger partial charge in [0.15, 0.2) is 0 Å². The molecular formula is C12H16F2NOZr. The maximum atomic E-state index is 11.0. The Morgan fingerprint density at radius 2 is 1.88 bits per heavy atom. The fourth-order valence-electron chi connectivity index (χ4n) is 1.52. The Balaban J connectivity index is -0.000000653. The number of hydrogen-bond donors (Lipinski definition) is 0. The van der Waals surface area contributed by atoms with Crippen molar-refractivity contribution >= 4 is 5.91 Å². The number of hydrogen-bond acceptors (Lipinski definition) is 1. The van der Waals surface area contributed by atoms with Gasteiger partial charge in [0, 0.05) is 5.56 Å². The maximum Gasteiger partial charge on any atom is 3.00 e. The zero-order valence-electron chi connectivity index (χ0n) is 10.0. The summed E-state index contributed by atoms with van der Waals surface area (Å²) in [6.07, 6.45) is 3.08. The van der Waals surface area contributed by atoms with Crippen LogP contribution < -0.4 is 9.41 Å². The summed E-state index contributed by atoms with van der Waals surface area (Å²) in [6.45, 7) is 4.13. The van der Waals surface area contributed by atoms with E-state index >= 15 is 0 Å². The molecule has 1 radical (unpaired) electrons. The van der Waals surface area contributed by atoms with Gasteiger partial charge < -0.3 is 19.9 Å². The topological polar surface area (TPSA) is 40.9 Å². The number of aryl methyl sites for hydroxylation is 2. The molecule has 1 N–H and O–H groups in total. The minimum absolute atomic E-state index is 0. The summed E-state index contributed by atoms with van der Waals surface area (Å²) < 4.78 is 0. The van der Waals surface area contributed by atoms with Crippen molar-refractivity contribution in [2.75, 3.05) is 0 Å². The largest absolute Gasteiger partial charge is 3.00 e. The normalized spacial score (nSPS) is 8.35. The molecule has 0 bridgehead atoms. The smallest absolute Gasteiger partial charge is 1.00 e. The summed E-state index contributed by atoms with van der Waals surface area (Å²) in [5, 5.41) is 0. The van der Waals surface area contributed by atoms with E-state index in [0.29, 0.717) is 5.56 Å². The first kappa shape index (κ1) is 21.7. The van der Waals surface area contributed by atoms with Crippen LogP contribution in [0.1, 0.15) is 41.3 Å². The number of rotatable bonds is 4. The van der Waals surface area contributed by atoms with E-state index < -0.39 is 5.91 Å².